The zero-order valence-electron chi connectivity index (χ0n) is 14.2. The molecule has 0 saturated carbocycles. The Morgan fingerprint density at radius 3 is 2.62 bits per heavy atom. The monoisotopic (exact) mass is 375 g/mol. The van der Waals surface area contributed by atoms with Crippen LogP contribution in [0.5, 0.6) is 0 Å². The van der Waals surface area contributed by atoms with Gasteiger partial charge in [-0.1, -0.05) is 17.7 Å². The third kappa shape index (κ3) is 4.09. The molecule has 1 aliphatic rings. The number of nitrogens with zero attached hydrogens (tertiary/aromatic N) is 1. The summed E-state index contributed by atoms with van der Waals surface area (Å²) in [5.74, 6) is -0.566. The molecule has 1 amide bonds. The van der Waals surface area contributed by atoms with Gasteiger partial charge in [0.15, 0.2) is 9.84 Å². The molecule has 1 aromatic carbocycles. The first-order valence-corrected chi connectivity index (χ1v) is 9.90. The molecular formula is C17H23ClFNO3S. The molecule has 1 atom stereocenters. The molecule has 0 aromatic heterocycles. The van der Waals surface area contributed by atoms with E-state index < -0.39 is 25.7 Å². The Hall–Kier alpha value is -1.14. The Morgan fingerprint density at radius 2 is 2.04 bits per heavy atom. The molecule has 0 aliphatic carbocycles. The lowest BCUT2D eigenvalue weighted by molar-refractivity contribution is -0.130. The minimum absolute atomic E-state index is 0.0393. The fourth-order valence-electron chi connectivity index (χ4n) is 2.81. The molecule has 0 bridgehead atoms. The van der Waals surface area contributed by atoms with Gasteiger partial charge in [-0.2, -0.15) is 0 Å². The molecule has 2 rings (SSSR count). The standard InChI is InChI=1S/C17H23ClFNO3S/c1-17(2,3)24(22,23)13-8-9-20(11-13)16(21)7-5-12-4-6-15(19)14(18)10-12/h4,6,10,13H,5,7-9,11H2,1-3H3. The highest BCUT2D eigenvalue weighted by molar-refractivity contribution is 7.93. The lowest BCUT2D eigenvalue weighted by Gasteiger charge is -2.24. The van der Waals surface area contributed by atoms with Crippen LogP contribution >= 0.6 is 11.6 Å². The Kier molecular flexibility index (Phi) is 5.60. The van der Waals surface area contributed by atoms with Gasteiger partial charge in [-0.15, -0.1) is 0 Å². The van der Waals surface area contributed by atoms with Crippen molar-refractivity contribution in [3.63, 3.8) is 0 Å². The van der Waals surface area contributed by atoms with Crippen molar-refractivity contribution in [2.75, 3.05) is 13.1 Å². The number of likely N-dealkylation sites (tertiary alicyclic amines) is 1. The van der Waals surface area contributed by atoms with E-state index in [0.717, 1.165) is 5.56 Å². The third-order valence-electron chi connectivity index (χ3n) is 4.40. The molecule has 0 spiro atoms. The van der Waals surface area contributed by atoms with E-state index in [4.69, 9.17) is 11.6 Å². The highest BCUT2D eigenvalue weighted by Gasteiger charge is 2.41. The number of benzene rings is 1. The summed E-state index contributed by atoms with van der Waals surface area (Å²) in [5, 5.41) is -0.459. The Balaban J connectivity index is 1.94. The van der Waals surface area contributed by atoms with Crippen LogP contribution in [-0.4, -0.2) is 42.3 Å². The summed E-state index contributed by atoms with van der Waals surface area (Å²) in [6, 6.07) is 4.40. The van der Waals surface area contributed by atoms with Crippen molar-refractivity contribution in [1.82, 2.24) is 4.90 Å². The molecule has 134 valence electrons. The molecular weight excluding hydrogens is 353 g/mol. The third-order valence-corrected chi connectivity index (χ3v) is 7.66. The quantitative estimate of drug-likeness (QED) is 0.811. The minimum atomic E-state index is -3.27. The number of carbonyl (C=O) groups is 1. The number of aryl methyl sites for hydroxylation is 1. The summed E-state index contributed by atoms with van der Waals surface area (Å²) >= 11 is 5.73. The Morgan fingerprint density at radius 1 is 1.38 bits per heavy atom. The topological polar surface area (TPSA) is 54.5 Å². The first-order chi connectivity index (χ1) is 11.0. The van der Waals surface area contributed by atoms with Crippen molar-refractivity contribution in [3.8, 4) is 0 Å². The van der Waals surface area contributed by atoms with Gasteiger partial charge < -0.3 is 4.90 Å². The summed E-state index contributed by atoms with van der Waals surface area (Å²) in [5.41, 5.74) is 0.785. The van der Waals surface area contributed by atoms with Crippen LogP contribution < -0.4 is 0 Å². The summed E-state index contributed by atoms with van der Waals surface area (Å²) in [7, 11) is -3.27. The maximum absolute atomic E-state index is 13.1. The first kappa shape index (κ1) is 19.2. The van der Waals surface area contributed by atoms with Crippen LogP contribution in [0.2, 0.25) is 5.02 Å². The van der Waals surface area contributed by atoms with E-state index in [1.807, 2.05) is 0 Å². The summed E-state index contributed by atoms with van der Waals surface area (Å²) in [4.78, 5) is 13.9. The van der Waals surface area contributed by atoms with Crippen molar-refractivity contribution in [3.05, 3.63) is 34.6 Å². The van der Waals surface area contributed by atoms with Crippen molar-refractivity contribution in [1.29, 1.82) is 0 Å². The molecule has 1 unspecified atom stereocenters. The zero-order valence-corrected chi connectivity index (χ0v) is 15.8. The van der Waals surface area contributed by atoms with Crippen molar-refractivity contribution < 1.29 is 17.6 Å². The van der Waals surface area contributed by atoms with Gasteiger partial charge in [-0.05, 0) is 51.3 Å². The molecule has 24 heavy (non-hydrogen) atoms. The van der Waals surface area contributed by atoms with Crippen LogP contribution in [0.4, 0.5) is 4.39 Å². The van der Waals surface area contributed by atoms with Gasteiger partial charge in [0, 0.05) is 19.5 Å². The molecule has 0 N–H and O–H groups in total. The van der Waals surface area contributed by atoms with E-state index in [2.05, 4.69) is 0 Å². The molecule has 1 aliphatic heterocycles. The summed E-state index contributed by atoms with van der Waals surface area (Å²) in [6.07, 6.45) is 1.18. The summed E-state index contributed by atoms with van der Waals surface area (Å²) in [6.45, 7) is 5.77. The van der Waals surface area contributed by atoms with Gasteiger partial charge >= 0.3 is 0 Å². The van der Waals surface area contributed by atoms with E-state index in [1.54, 1.807) is 31.7 Å². The lowest BCUT2D eigenvalue weighted by atomic mass is 10.1. The number of halogens is 2. The van der Waals surface area contributed by atoms with Crippen molar-refractivity contribution in [2.24, 2.45) is 0 Å². The predicted octanol–water partition coefficient (Wildman–Crippen LogP) is 3.23. The highest BCUT2D eigenvalue weighted by Crippen LogP contribution is 2.27. The molecule has 1 aromatic rings. The number of amides is 1. The normalized spacial score (nSPS) is 18.9. The number of hydrogen-bond acceptors (Lipinski definition) is 3. The maximum atomic E-state index is 13.1. The Bertz CT molecular complexity index is 728. The van der Waals surface area contributed by atoms with Gasteiger partial charge in [0.05, 0.1) is 15.0 Å². The van der Waals surface area contributed by atoms with Gasteiger partial charge in [-0.3, -0.25) is 4.79 Å². The van der Waals surface area contributed by atoms with Gasteiger partial charge in [0.25, 0.3) is 0 Å². The van der Waals surface area contributed by atoms with Crippen LogP contribution in [0.3, 0.4) is 0 Å². The second-order valence-corrected chi connectivity index (χ2v) is 10.5. The van der Waals surface area contributed by atoms with Gasteiger partial charge in [-0.25, -0.2) is 12.8 Å². The average molecular weight is 376 g/mol. The van der Waals surface area contributed by atoms with E-state index in [9.17, 15) is 17.6 Å². The van der Waals surface area contributed by atoms with Gasteiger partial charge in [0.2, 0.25) is 5.91 Å². The Labute approximate surface area is 147 Å². The van der Waals surface area contributed by atoms with Crippen LogP contribution in [-0.2, 0) is 21.1 Å². The van der Waals surface area contributed by atoms with Crippen LogP contribution in [0, 0.1) is 5.82 Å². The van der Waals surface area contributed by atoms with E-state index >= 15 is 0 Å². The number of carbonyl (C=O) groups excluding carboxylic acids is 1. The van der Waals surface area contributed by atoms with Crippen LogP contribution in [0.1, 0.15) is 39.2 Å². The van der Waals surface area contributed by atoms with Crippen LogP contribution in [0.25, 0.3) is 0 Å². The van der Waals surface area contributed by atoms with Crippen molar-refractivity contribution >= 4 is 27.3 Å². The van der Waals surface area contributed by atoms with Crippen molar-refractivity contribution in [2.45, 2.75) is 50.0 Å². The lowest BCUT2D eigenvalue weighted by Crippen LogP contribution is -2.39. The molecule has 1 saturated heterocycles. The smallest absolute Gasteiger partial charge is 0.222 e. The van der Waals surface area contributed by atoms with E-state index in [0.29, 0.717) is 19.4 Å². The minimum Gasteiger partial charge on any atom is -0.341 e. The fraction of sp³-hybridized carbons (Fsp3) is 0.588. The number of rotatable bonds is 4. The molecule has 1 fully saturated rings. The second kappa shape index (κ2) is 7.00. The molecule has 4 nitrogen and oxygen atoms in total. The first-order valence-electron chi connectivity index (χ1n) is 7.97. The number of sulfone groups is 1. The van der Waals surface area contributed by atoms with Gasteiger partial charge in [0.1, 0.15) is 5.82 Å². The SMILES string of the molecule is CC(C)(C)S(=O)(=O)C1CCN(C(=O)CCc2ccc(F)c(Cl)c2)C1. The molecule has 7 heteroatoms. The molecule has 1 heterocycles. The number of hydrogen-bond donors (Lipinski definition) is 0. The van der Waals surface area contributed by atoms with Crippen LogP contribution in [0.15, 0.2) is 18.2 Å². The predicted molar refractivity (Wildman–Crippen MR) is 93.4 cm³/mol. The fourth-order valence-corrected chi connectivity index (χ4v) is 4.81. The highest BCUT2D eigenvalue weighted by atomic mass is 35.5. The van der Waals surface area contributed by atoms with E-state index in [1.165, 1.54) is 12.1 Å². The second-order valence-electron chi connectivity index (χ2n) is 7.16. The van der Waals surface area contributed by atoms with E-state index in [-0.39, 0.29) is 23.9 Å². The summed E-state index contributed by atoms with van der Waals surface area (Å²) < 4.78 is 37.3. The zero-order chi connectivity index (χ0) is 18.1. The molecule has 0 radical (unpaired) electrons. The largest absolute Gasteiger partial charge is 0.341 e. The average Bonchev–Trinajstić information content (AvgIpc) is 2.97. The maximum Gasteiger partial charge on any atom is 0.222 e.